The summed E-state index contributed by atoms with van der Waals surface area (Å²) in [6.45, 7) is 7.88. The molecule has 2 aromatic rings. The Kier molecular flexibility index (Phi) is 4.61. The molecule has 0 aliphatic carbocycles. The molecule has 0 spiro atoms. The lowest BCUT2D eigenvalue weighted by atomic mass is 10.1. The van der Waals surface area contributed by atoms with Gasteiger partial charge < -0.3 is 9.30 Å². The van der Waals surface area contributed by atoms with Crippen LogP contribution in [0.15, 0.2) is 12.1 Å². The van der Waals surface area contributed by atoms with Gasteiger partial charge in [-0.15, -0.1) is 10.2 Å². The van der Waals surface area contributed by atoms with Crippen molar-refractivity contribution < 1.29 is 22.7 Å². The zero-order chi connectivity index (χ0) is 20.0. The van der Waals surface area contributed by atoms with Crippen LogP contribution in [0.1, 0.15) is 38.0 Å². The predicted molar refractivity (Wildman–Crippen MR) is 89.6 cm³/mol. The average molecular weight is 383 g/mol. The molecule has 1 aliphatic rings. The van der Waals surface area contributed by atoms with Crippen LogP contribution in [0.25, 0.3) is 11.4 Å². The Hall–Kier alpha value is -2.65. The fraction of sp³-hybridized carbons (Fsp3) is 0.529. The quantitative estimate of drug-likeness (QED) is 0.755. The fourth-order valence-corrected chi connectivity index (χ4v) is 2.79. The summed E-state index contributed by atoms with van der Waals surface area (Å²) in [5.41, 5.74) is -0.851. The van der Waals surface area contributed by atoms with Crippen LogP contribution in [-0.2, 0) is 24.0 Å². The normalized spacial score (nSPS) is 14.9. The van der Waals surface area contributed by atoms with Crippen LogP contribution in [0.3, 0.4) is 0 Å². The SMILES string of the molecule is Cc1nc(C(F)(F)F)ccc1-c1nnc2n1CCN(C(=O)OC(C)(C)C)C2. The molecular formula is C17H20F3N5O2. The highest BCUT2D eigenvalue weighted by Crippen LogP contribution is 2.31. The summed E-state index contributed by atoms with van der Waals surface area (Å²) in [6.07, 6.45) is -4.94. The van der Waals surface area contributed by atoms with Crippen molar-refractivity contribution in [2.24, 2.45) is 0 Å². The number of rotatable bonds is 1. The molecule has 0 atom stereocenters. The summed E-state index contributed by atoms with van der Waals surface area (Å²) in [6, 6.07) is 2.28. The number of nitrogens with zero attached hydrogens (tertiary/aromatic N) is 5. The van der Waals surface area contributed by atoms with Crippen LogP contribution in [0.4, 0.5) is 18.0 Å². The Bertz CT molecular complexity index is 870. The van der Waals surface area contributed by atoms with Crippen LogP contribution in [-0.4, -0.2) is 42.9 Å². The van der Waals surface area contributed by atoms with Gasteiger partial charge in [0.15, 0.2) is 11.6 Å². The third-order valence-electron chi connectivity index (χ3n) is 4.02. The van der Waals surface area contributed by atoms with Crippen molar-refractivity contribution in [2.45, 2.75) is 52.6 Å². The van der Waals surface area contributed by atoms with E-state index in [1.165, 1.54) is 17.9 Å². The van der Waals surface area contributed by atoms with Crippen molar-refractivity contribution in [3.63, 3.8) is 0 Å². The van der Waals surface area contributed by atoms with Crippen molar-refractivity contribution in [1.82, 2.24) is 24.6 Å². The second-order valence-electron chi connectivity index (χ2n) is 7.32. The molecule has 3 rings (SSSR count). The zero-order valence-corrected chi connectivity index (χ0v) is 15.5. The number of fused-ring (bicyclic) bond motifs is 1. The lowest BCUT2D eigenvalue weighted by Crippen LogP contribution is -2.41. The van der Waals surface area contributed by atoms with Crippen molar-refractivity contribution in [2.75, 3.05) is 6.54 Å². The monoisotopic (exact) mass is 383 g/mol. The van der Waals surface area contributed by atoms with E-state index in [-0.39, 0.29) is 12.2 Å². The van der Waals surface area contributed by atoms with Gasteiger partial charge in [0.2, 0.25) is 0 Å². The maximum absolute atomic E-state index is 12.8. The average Bonchev–Trinajstić information content (AvgIpc) is 2.95. The summed E-state index contributed by atoms with van der Waals surface area (Å²) in [5, 5.41) is 8.19. The Morgan fingerprint density at radius 3 is 2.44 bits per heavy atom. The highest BCUT2D eigenvalue weighted by Gasteiger charge is 2.33. The molecule has 2 aromatic heterocycles. The third-order valence-corrected chi connectivity index (χ3v) is 4.02. The number of alkyl halides is 3. The van der Waals surface area contributed by atoms with E-state index in [1.807, 2.05) is 0 Å². The Morgan fingerprint density at radius 1 is 1.15 bits per heavy atom. The van der Waals surface area contributed by atoms with Crippen LogP contribution in [0, 0.1) is 6.92 Å². The molecule has 1 aliphatic heterocycles. The molecule has 7 nitrogen and oxygen atoms in total. The smallest absolute Gasteiger partial charge is 0.433 e. The van der Waals surface area contributed by atoms with E-state index in [2.05, 4.69) is 15.2 Å². The highest BCUT2D eigenvalue weighted by molar-refractivity contribution is 5.68. The van der Waals surface area contributed by atoms with E-state index in [1.54, 1.807) is 25.3 Å². The molecule has 0 aromatic carbocycles. The number of hydrogen-bond donors (Lipinski definition) is 0. The highest BCUT2D eigenvalue weighted by atomic mass is 19.4. The summed E-state index contributed by atoms with van der Waals surface area (Å²) in [4.78, 5) is 17.4. The number of halogens is 3. The van der Waals surface area contributed by atoms with Gasteiger partial charge in [-0.25, -0.2) is 9.78 Å². The molecule has 27 heavy (non-hydrogen) atoms. The lowest BCUT2D eigenvalue weighted by molar-refractivity contribution is -0.141. The topological polar surface area (TPSA) is 73.1 Å². The van der Waals surface area contributed by atoms with Crippen molar-refractivity contribution in [3.8, 4) is 11.4 Å². The van der Waals surface area contributed by atoms with Gasteiger partial charge in [0.05, 0.1) is 6.54 Å². The molecular weight excluding hydrogens is 363 g/mol. The van der Waals surface area contributed by atoms with Gasteiger partial charge in [-0.05, 0) is 39.8 Å². The number of amides is 1. The fourth-order valence-electron chi connectivity index (χ4n) is 2.79. The van der Waals surface area contributed by atoms with Crippen LogP contribution < -0.4 is 0 Å². The lowest BCUT2D eigenvalue weighted by Gasteiger charge is -2.30. The van der Waals surface area contributed by atoms with E-state index >= 15 is 0 Å². The minimum Gasteiger partial charge on any atom is -0.444 e. The largest absolute Gasteiger partial charge is 0.444 e. The van der Waals surface area contributed by atoms with Gasteiger partial charge in [0, 0.05) is 24.3 Å². The molecule has 0 unspecified atom stereocenters. The third kappa shape index (κ3) is 4.04. The second-order valence-corrected chi connectivity index (χ2v) is 7.32. The minimum atomic E-state index is -4.50. The molecule has 0 N–H and O–H groups in total. The predicted octanol–water partition coefficient (Wildman–Crippen LogP) is 3.42. The van der Waals surface area contributed by atoms with E-state index in [0.717, 1.165) is 6.07 Å². The van der Waals surface area contributed by atoms with Crippen LogP contribution >= 0.6 is 0 Å². The molecule has 0 radical (unpaired) electrons. The van der Waals surface area contributed by atoms with Crippen molar-refractivity contribution >= 4 is 6.09 Å². The summed E-state index contributed by atoms with van der Waals surface area (Å²) >= 11 is 0. The first-order valence-electron chi connectivity index (χ1n) is 8.41. The summed E-state index contributed by atoms with van der Waals surface area (Å²) < 4.78 is 45.6. The molecule has 3 heterocycles. The summed E-state index contributed by atoms with van der Waals surface area (Å²) in [5.74, 6) is 0.981. The number of carbonyl (C=O) groups excluding carboxylic acids is 1. The molecule has 0 fully saturated rings. The van der Waals surface area contributed by atoms with Gasteiger partial charge in [-0.3, -0.25) is 4.90 Å². The first kappa shape index (κ1) is 19.1. The maximum Gasteiger partial charge on any atom is 0.433 e. The Labute approximate surface area is 154 Å². The molecule has 0 saturated heterocycles. The van der Waals surface area contributed by atoms with Gasteiger partial charge in [0.1, 0.15) is 11.3 Å². The maximum atomic E-state index is 12.8. The van der Waals surface area contributed by atoms with Crippen molar-refractivity contribution in [3.05, 3.63) is 29.3 Å². The summed E-state index contributed by atoms with van der Waals surface area (Å²) in [7, 11) is 0. The minimum absolute atomic E-state index is 0.217. The number of aryl methyl sites for hydroxylation is 1. The molecule has 0 bridgehead atoms. The first-order valence-corrected chi connectivity index (χ1v) is 8.41. The zero-order valence-electron chi connectivity index (χ0n) is 15.5. The first-order chi connectivity index (χ1) is 12.5. The molecule has 1 amide bonds. The van der Waals surface area contributed by atoms with Crippen LogP contribution in [0.5, 0.6) is 0 Å². The van der Waals surface area contributed by atoms with Crippen LogP contribution in [0.2, 0.25) is 0 Å². The Morgan fingerprint density at radius 2 is 1.85 bits per heavy atom. The van der Waals surface area contributed by atoms with Gasteiger partial charge in [0.25, 0.3) is 0 Å². The Balaban J connectivity index is 1.84. The number of aromatic nitrogens is 4. The van der Waals surface area contributed by atoms with Gasteiger partial charge in [-0.1, -0.05) is 0 Å². The molecule has 146 valence electrons. The number of ether oxygens (including phenoxy) is 1. The number of hydrogen-bond acceptors (Lipinski definition) is 5. The van der Waals surface area contributed by atoms with Gasteiger partial charge in [-0.2, -0.15) is 13.2 Å². The molecule has 10 heteroatoms. The number of pyridine rings is 1. The second kappa shape index (κ2) is 6.50. The van der Waals surface area contributed by atoms with E-state index in [4.69, 9.17) is 4.74 Å². The van der Waals surface area contributed by atoms with Crippen molar-refractivity contribution in [1.29, 1.82) is 0 Å². The van der Waals surface area contributed by atoms with E-state index in [9.17, 15) is 18.0 Å². The number of carbonyl (C=O) groups is 1. The van der Waals surface area contributed by atoms with Gasteiger partial charge >= 0.3 is 12.3 Å². The van der Waals surface area contributed by atoms with E-state index < -0.39 is 23.6 Å². The van der Waals surface area contributed by atoms with E-state index in [0.29, 0.717) is 30.3 Å². The standard InChI is InChI=1S/C17H20F3N5O2/c1-10-11(5-6-12(21-10)17(18,19)20)14-23-22-13-9-24(7-8-25(13)14)15(26)27-16(2,3)4/h5-6H,7-9H2,1-4H3. The molecule has 0 saturated carbocycles.